The lowest BCUT2D eigenvalue weighted by Crippen LogP contribution is -2.50. The average Bonchev–Trinajstić information content (AvgIpc) is 3.26. The summed E-state index contributed by atoms with van der Waals surface area (Å²) in [6.07, 6.45) is -1.21. The zero-order valence-corrected chi connectivity index (χ0v) is 15.2. The van der Waals surface area contributed by atoms with E-state index in [1.807, 2.05) is 23.1 Å². The molecule has 1 spiro atoms. The van der Waals surface area contributed by atoms with Gasteiger partial charge in [0, 0.05) is 31.4 Å². The lowest BCUT2D eigenvalue weighted by atomic mass is 9.95. The number of amides is 2. The maximum atomic E-state index is 12.7. The Labute approximate surface area is 160 Å². The number of para-hydroxylation sites is 1. The zero-order valence-electron chi connectivity index (χ0n) is 15.2. The Morgan fingerprint density at radius 3 is 2.68 bits per heavy atom. The summed E-state index contributed by atoms with van der Waals surface area (Å²) in [5.74, 6) is -1.52. The molecule has 1 aromatic carbocycles. The van der Waals surface area contributed by atoms with Gasteiger partial charge in [-0.1, -0.05) is 18.2 Å². The second kappa shape index (κ2) is 7.83. The van der Waals surface area contributed by atoms with E-state index in [2.05, 4.69) is 0 Å². The number of alkyl halides is 3. The van der Waals surface area contributed by atoms with Crippen LogP contribution in [0.1, 0.15) is 31.2 Å². The molecular weight excluding hydrogens is 375 g/mol. The molecule has 2 saturated heterocycles. The highest BCUT2D eigenvalue weighted by Crippen LogP contribution is 2.41. The van der Waals surface area contributed by atoms with Crippen molar-refractivity contribution in [3.8, 4) is 0 Å². The van der Waals surface area contributed by atoms with Crippen LogP contribution in [0, 0.1) is 0 Å². The number of hydrogen-bond acceptors (Lipinski definition) is 4. The number of benzene rings is 1. The van der Waals surface area contributed by atoms with Crippen LogP contribution in [0.2, 0.25) is 0 Å². The van der Waals surface area contributed by atoms with Gasteiger partial charge in [0.05, 0.1) is 5.54 Å². The Balaban J connectivity index is 1.79. The van der Waals surface area contributed by atoms with E-state index in [1.165, 1.54) is 16.5 Å². The van der Waals surface area contributed by atoms with Crippen LogP contribution in [0.3, 0.4) is 0 Å². The molecule has 9 heteroatoms. The number of nitrogens with one attached hydrogen (secondary N) is 1. The van der Waals surface area contributed by atoms with Gasteiger partial charge in [-0.2, -0.15) is 13.2 Å². The van der Waals surface area contributed by atoms with Crippen molar-refractivity contribution in [2.45, 2.75) is 37.4 Å². The second-order valence-corrected chi connectivity index (χ2v) is 7.20. The van der Waals surface area contributed by atoms with E-state index in [-0.39, 0.29) is 0 Å². The van der Waals surface area contributed by atoms with Crippen molar-refractivity contribution in [2.24, 2.45) is 0 Å². The lowest BCUT2D eigenvalue weighted by Gasteiger charge is -2.36. The first-order chi connectivity index (χ1) is 13.2. The van der Waals surface area contributed by atoms with Crippen LogP contribution in [-0.2, 0) is 9.59 Å². The summed E-state index contributed by atoms with van der Waals surface area (Å²) in [5.41, 5.74) is 2.52. The number of hydrogen-bond donors (Lipinski definition) is 2. The van der Waals surface area contributed by atoms with Crippen molar-refractivity contribution in [1.82, 2.24) is 10.4 Å². The standard InChI is InChI=1S/C19H22F3N3O3/c20-19(21,22)12-17(27)25-10-3-8-18(25)9-11-24(13-18)15-5-2-1-4-14(15)6-7-16(26)23-28/h1-2,4-7,28H,3,8-13H2,(H,23,26)/b7-6+. The SMILES string of the molecule is O=C(/C=C/c1ccccc1N1CCC2(CCCN2C(=O)CC(F)(F)F)C1)NO. The van der Waals surface area contributed by atoms with Gasteiger partial charge in [0.1, 0.15) is 6.42 Å². The summed E-state index contributed by atoms with van der Waals surface area (Å²) in [5, 5.41) is 8.62. The van der Waals surface area contributed by atoms with Crippen molar-refractivity contribution in [3.63, 3.8) is 0 Å². The molecule has 2 aliphatic heterocycles. The summed E-state index contributed by atoms with van der Waals surface area (Å²) < 4.78 is 38.1. The Bertz CT molecular complexity index is 781. The molecule has 0 bridgehead atoms. The Hall–Kier alpha value is -2.55. The minimum absolute atomic E-state index is 0.348. The van der Waals surface area contributed by atoms with E-state index in [1.54, 1.807) is 12.1 Å². The summed E-state index contributed by atoms with van der Waals surface area (Å²) in [6.45, 7) is 1.40. The largest absolute Gasteiger partial charge is 0.397 e. The van der Waals surface area contributed by atoms with Crippen molar-refractivity contribution < 1.29 is 28.0 Å². The third kappa shape index (κ3) is 4.30. The smallest absolute Gasteiger partial charge is 0.369 e. The molecule has 0 aromatic heterocycles. The highest BCUT2D eigenvalue weighted by Gasteiger charge is 2.49. The van der Waals surface area contributed by atoms with Crippen molar-refractivity contribution >= 4 is 23.6 Å². The number of nitrogens with zero attached hydrogens (tertiary/aromatic N) is 2. The molecule has 2 fully saturated rings. The van der Waals surface area contributed by atoms with E-state index in [4.69, 9.17) is 5.21 Å². The minimum Gasteiger partial charge on any atom is -0.369 e. The molecule has 2 heterocycles. The van der Waals surface area contributed by atoms with Crippen LogP contribution < -0.4 is 10.4 Å². The van der Waals surface area contributed by atoms with E-state index in [9.17, 15) is 22.8 Å². The summed E-state index contributed by atoms with van der Waals surface area (Å²) in [6, 6.07) is 7.32. The molecule has 2 amide bonds. The first-order valence-electron chi connectivity index (χ1n) is 9.07. The maximum Gasteiger partial charge on any atom is 0.397 e. The Morgan fingerprint density at radius 2 is 1.96 bits per heavy atom. The Morgan fingerprint density at radius 1 is 1.21 bits per heavy atom. The fourth-order valence-corrected chi connectivity index (χ4v) is 4.20. The number of carbonyl (C=O) groups excluding carboxylic acids is 2. The highest BCUT2D eigenvalue weighted by atomic mass is 19.4. The molecule has 1 atom stereocenters. The van der Waals surface area contributed by atoms with Gasteiger partial charge >= 0.3 is 6.18 Å². The molecule has 0 saturated carbocycles. The molecule has 6 nitrogen and oxygen atoms in total. The molecule has 0 aliphatic carbocycles. The molecule has 152 valence electrons. The van der Waals surface area contributed by atoms with Crippen molar-refractivity contribution in [3.05, 3.63) is 35.9 Å². The number of likely N-dealkylation sites (tertiary alicyclic amines) is 1. The van der Waals surface area contributed by atoms with Gasteiger partial charge in [0.2, 0.25) is 5.91 Å². The number of rotatable bonds is 4. The van der Waals surface area contributed by atoms with Gasteiger partial charge in [0.15, 0.2) is 0 Å². The number of carbonyl (C=O) groups is 2. The summed E-state index contributed by atoms with van der Waals surface area (Å²) in [7, 11) is 0. The molecule has 2 aliphatic rings. The van der Waals surface area contributed by atoms with Gasteiger partial charge in [0.25, 0.3) is 5.91 Å². The molecule has 1 aromatic rings. The third-order valence-electron chi connectivity index (χ3n) is 5.38. The van der Waals surface area contributed by atoms with Gasteiger partial charge in [-0.3, -0.25) is 14.8 Å². The number of anilines is 1. The van der Waals surface area contributed by atoms with Gasteiger partial charge < -0.3 is 9.80 Å². The number of hydroxylamine groups is 1. The molecular formula is C19H22F3N3O3. The third-order valence-corrected chi connectivity index (χ3v) is 5.38. The highest BCUT2D eigenvalue weighted by molar-refractivity contribution is 5.92. The van der Waals surface area contributed by atoms with Gasteiger partial charge in [-0.15, -0.1) is 0 Å². The fraction of sp³-hybridized carbons (Fsp3) is 0.474. The normalized spacial score (nSPS) is 22.4. The fourth-order valence-electron chi connectivity index (χ4n) is 4.20. The van der Waals surface area contributed by atoms with Crippen LogP contribution in [0.5, 0.6) is 0 Å². The Kier molecular flexibility index (Phi) is 5.64. The molecule has 1 unspecified atom stereocenters. The zero-order chi connectivity index (χ0) is 20.4. The van der Waals surface area contributed by atoms with Crippen LogP contribution in [0.15, 0.2) is 30.3 Å². The van der Waals surface area contributed by atoms with E-state index < -0.39 is 30.0 Å². The monoisotopic (exact) mass is 397 g/mol. The molecule has 2 N–H and O–H groups in total. The van der Waals surface area contributed by atoms with E-state index in [0.29, 0.717) is 38.9 Å². The van der Waals surface area contributed by atoms with E-state index >= 15 is 0 Å². The van der Waals surface area contributed by atoms with E-state index in [0.717, 1.165) is 11.3 Å². The average molecular weight is 397 g/mol. The predicted octanol–water partition coefficient (Wildman–Crippen LogP) is 2.73. The number of halogens is 3. The first kappa shape index (κ1) is 20.2. The molecule has 28 heavy (non-hydrogen) atoms. The van der Waals surface area contributed by atoms with Crippen molar-refractivity contribution in [2.75, 3.05) is 24.5 Å². The quantitative estimate of drug-likeness (QED) is 0.466. The van der Waals surface area contributed by atoms with Crippen LogP contribution >= 0.6 is 0 Å². The first-order valence-corrected chi connectivity index (χ1v) is 9.07. The maximum absolute atomic E-state index is 12.7. The van der Waals surface area contributed by atoms with Crippen LogP contribution in [0.25, 0.3) is 6.08 Å². The second-order valence-electron chi connectivity index (χ2n) is 7.20. The molecule has 0 radical (unpaired) electrons. The van der Waals surface area contributed by atoms with Crippen LogP contribution in [0.4, 0.5) is 18.9 Å². The van der Waals surface area contributed by atoms with Gasteiger partial charge in [-0.25, -0.2) is 5.48 Å². The topological polar surface area (TPSA) is 72.9 Å². The summed E-state index contributed by atoms with van der Waals surface area (Å²) in [4.78, 5) is 27.0. The minimum atomic E-state index is -4.51. The lowest BCUT2D eigenvalue weighted by molar-refractivity contribution is -0.163. The summed E-state index contributed by atoms with van der Waals surface area (Å²) >= 11 is 0. The molecule has 3 rings (SSSR count). The predicted molar refractivity (Wildman–Crippen MR) is 96.6 cm³/mol. The van der Waals surface area contributed by atoms with Gasteiger partial charge in [-0.05, 0) is 37.0 Å². The van der Waals surface area contributed by atoms with Crippen LogP contribution in [-0.4, -0.2) is 53.3 Å². The van der Waals surface area contributed by atoms with Crippen molar-refractivity contribution in [1.29, 1.82) is 0 Å².